The second kappa shape index (κ2) is 7.19. The Morgan fingerprint density at radius 1 is 1.24 bits per heavy atom. The first-order chi connectivity index (χ1) is 9.79. The van der Waals surface area contributed by atoms with E-state index in [1.54, 1.807) is 6.07 Å². The van der Waals surface area contributed by atoms with Gasteiger partial charge in [0.25, 0.3) is 0 Å². The molecule has 0 saturated heterocycles. The van der Waals surface area contributed by atoms with Crippen LogP contribution in [0.1, 0.15) is 56.3 Å². The van der Waals surface area contributed by atoms with Gasteiger partial charge in [0.05, 0.1) is 0 Å². The van der Waals surface area contributed by atoms with Gasteiger partial charge in [-0.2, -0.15) is 0 Å². The zero-order chi connectivity index (χ0) is 13.9. The van der Waals surface area contributed by atoms with Crippen LogP contribution >= 0.6 is 12.4 Å². The Hall–Kier alpha value is -1.19. The van der Waals surface area contributed by atoms with E-state index >= 15 is 0 Å². The van der Waals surface area contributed by atoms with Crippen LogP contribution in [0.25, 0.3) is 10.9 Å². The third kappa shape index (κ3) is 3.35. The number of nitrogens with one attached hydrogen (secondary N) is 2. The van der Waals surface area contributed by atoms with Gasteiger partial charge in [0.1, 0.15) is 5.75 Å². The van der Waals surface area contributed by atoms with Crippen molar-refractivity contribution in [2.24, 2.45) is 0 Å². The van der Waals surface area contributed by atoms with Crippen molar-refractivity contribution in [3.63, 3.8) is 0 Å². The molecular formula is C17H25ClN2O. The Bertz CT molecular complexity index is 594. The van der Waals surface area contributed by atoms with Gasteiger partial charge in [-0.15, -0.1) is 12.4 Å². The van der Waals surface area contributed by atoms with Crippen molar-refractivity contribution >= 4 is 23.3 Å². The number of rotatable bonds is 5. The number of hydrogen-bond donors (Lipinski definition) is 3. The molecule has 0 spiro atoms. The number of phenols is 1. The molecule has 2 aromatic rings. The number of aromatic hydroxyl groups is 1. The van der Waals surface area contributed by atoms with Crippen LogP contribution in [-0.2, 0) is 6.42 Å². The van der Waals surface area contributed by atoms with Crippen LogP contribution in [0.15, 0.2) is 18.2 Å². The molecule has 3 N–H and O–H groups in total. The lowest BCUT2D eigenvalue weighted by Gasteiger charge is -2.24. The average molecular weight is 309 g/mol. The number of halogens is 1. The Labute approximate surface area is 132 Å². The lowest BCUT2D eigenvalue weighted by molar-refractivity contribution is 0.445. The molecule has 2 heterocycles. The van der Waals surface area contributed by atoms with E-state index in [9.17, 15) is 5.11 Å². The second-order valence-electron chi connectivity index (χ2n) is 5.85. The van der Waals surface area contributed by atoms with Gasteiger partial charge in [-0.05, 0) is 43.1 Å². The quantitative estimate of drug-likeness (QED) is 0.715. The highest BCUT2D eigenvalue weighted by molar-refractivity contribution is 5.86. The Morgan fingerprint density at radius 3 is 2.90 bits per heavy atom. The minimum absolute atomic E-state index is 0. The van der Waals surface area contributed by atoms with Crippen LogP contribution < -0.4 is 5.32 Å². The summed E-state index contributed by atoms with van der Waals surface area (Å²) in [5.74, 6) is 0.359. The molecular weight excluding hydrogens is 284 g/mol. The summed E-state index contributed by atoms with van der Waals surface area (Å²) in [6.07, 6.45) is 7.47. The van der Waals surface area contributed by atoms with Crippen LogP contribution in [0.3, 0.4) is 0 Å². The number of phenolic OH excluding ortho intramolecular Hbond substituents is 1. The van der Waals surface area contributed by atoms with Gasteiger partial charge in [-0.3, -0.25) is 0 Å². The van der Waals surface area contributed by atoms with E-state index in [4.69, 9.17) is 0 Å². The minimum atomic E-state index is 0. The molecule has 0 fully saturated rings. The molecule has 1 aromatic carbocycles. The van der Waals surface area contributed by atoms with Crippen molar-refractivity contribution in [1.29, 1.82) is 0 Å². The van der Waals surface area contributed by atoms with Crippen LogP contribution in [0, 0.1) is 0 Å². The van der Waals surface area contributed by atoms with Gasteiger partial charge < -0.3 is 15.4 Å². The SMILES string of the molecule is CCCCCCC1NCCc2c1[nH]c1ccc(O)cc21.Cl. The van der Waals surface area contributed by atoms with E-state index in [1.165, 1.54) is 48.7 Å². The first-order valence-electron chi connectivity index (χ1n) is 7.86. The second-order valence-corrected chi connectivity index (χ2v) is 5.85. The van der Waals surface area contributed by atoms with E-state index < -0.39 is 0 Å². The predicted octanol–water partition coefficient (Wildman–Crippen LogP) is 4.45. The first kappa shape index (κ1) is 16.2. The van der Waals surface area contributed by atoms with Crippen LogP contribution in [0.5, 0.6) is 5.75 Å². The summed E-state index contributed by atoms with van der Waals surface area (Å²) in [5, 5.41) is 14.5. The monoisotopic (exact) mass is 308 g/mol. The summed E-state index contributed by atoms with van der Waals surface area (Å²) in [7, 11) is 0. The van der Waals surface area contributed by atoms with Crippen molar-refractivity contribution in [3.05, 3.63) is 29.5 Å². The predicted molar refractivity (Wildman–Crippen MR) is 90.4 cm³/mol. The molecule has 1 unspecified atom stereocenters. The average Bonchev–Trinajstić information content (AvgIpc) is 2.82. The fourth-order valence-corrected chi connectivity index (χ4v) is 3.32. The molecule has 1 aliphatic heterocycles. The van der Waals surface area contributed by atoms with Gasteiger partial charge in [-0.1, -0.05) is 32.6 Å². The van der Waals surface area contributed by atoms with Gasteiger partial charge >= 0.3 is 0 Å². The molecule has 116 valence electrons. The highest BCUT2D eigenvalue weighted by Crippen LogP contribution is 2.33. The zero-order valence-electron chi connectivity index (χ0n) is 12.6. The summed E-state index contributed by atoms with van der Waals surface area (Å²) < 4.78 is 0. The van der Waals surface area contributed by atoms with E-state index in [-0.39, 0.29) is 12.4 Å². The smallest absolute Gasteiger partial charge is 0.116 e. The van der Waals surface area contributed by atoms with E-state index in [2.05, 4.69) is 17.2 Å². The van der Waals surface area contributed by atoms with E-state index in [0.29, 0.717) is 11.8 Å². The number of aromatic nitrogens is 1. The fourth-order valence-electron chi connectivity index (χ4n) is 3.32. The van der Waals surface area contributed by atoms with Crippen molar-refractivity contribution < 1.29 is 5.11 Å². The Balaban J connectivity index is 0.00000161. The molecule has 0 radical (unpaired) electrons. The van der Waals surface area contributed by atoms with Gasteiger partial charge in [0.2, 0.25) is 0 Å². The summed E-state index contributed by atoms with van der Waals surface area (Å²) in [6, 6.07) is 6.08. The number of aromatic amines is 1. The van der Waals surface area contributed by atoms with E-state index in [1.807, 2.05) is 12.1 Å². The number of unbranched alkanes of at least 4 members (excludes halogenated alkanes) is 3. The van der Waals surface area contributed by atoms with E-state index in [0.717, 1.165) is 18.5 Å². The van der Waals surface area contributed by atoms with Gasteiger partial charge in [0, 0.05) is 22.6 Å². The summed E-state index contributed by atoms with van der Waals surface area (Å²) in [4.78, 5) is 3.56. The third-order valence-corrected chi connectivity index (χ3v) is 4.38. The van der Waals surface area contributed by atoms with Gasteiger partial charge in [0.15, 0.2) is 0 Å². The summed E-state index contributed by atoms with van der Waals surface area (Å²) in [6.45, 7) is 3.29. The molecule has 1 atom stereocenters. The van der Waals surface area contributed by atoms with Crippen LogP contribution in [-0.4, -0.2) is 16.6 Å². The molecule has 4 heteroatoms. The molecule has 0 aliphatic carbocycles. The maximum Gasteiger partial charge on any atom is 0.116 e. The first-order valence-corrected chi connectivity index (χ1v) is 7.86. The molecule has 3 rings (SSSR count). The normalized spacial score (nSPS) is 17.5. The third-order valence-electron chi connectivity index (χ3n) is 4.38. The number of H-pyrrole nitrogens is 1. The van der Waals surface area contributed by atoms with Gasteiger partial charge in [-0.25, -0.2) is 0 Å². The highest BCUT2D eigenvalue weighted by Gasteiger charge is 2.23. The lowest BCUT2D eigenvalue weighted by atomic mass is 9.95. The maximum absolute atomic E-state index is 9.69. The molecule has 0 bridgehead atoms. The highest BCUT2D eigenvalue weighted by atomic mass is 35.5. The number of hydrogen-bond acceptors (Lipinski definition) is 2. The zero-order valence-corrected chi connectivity index (χ0v) is 13.4. The summed E-state index contributed by atoms with van der Waals surface area (Å²) in [5.41, 5.74) is 3.89. The Kier molecular flexibility index (Phi) is 5.54. The summed E-state index contributed by atoms with van der Waals surface area (Å²) >= 11 is 0. The van der Waals surface area contributed by atoms with Crippen molar-refractivity contribution in [1.82, 2.24) is 10.3 Å². The molecule has 0 amide bonds. The Morgan fingerprint density at radius 2 is 2.10 bits per heavy atom. The standard InChI is InChI=1S/C17H24N2O.ClH/c1-2-3-4-5-6-16-17-13(9-10-18-16)14-11-12(20)7-8-15(14)19-17;/h7-8,11,16,18-20H,2-6,9-10H2,1H3;1H. The molecule has 0 saturated carbocycles. The van der Waals surface area contributed by atoms with Crippen molar-refractivity contribution in [2.75, 3.05) is 6.54 Å². The largest absolute Gasteiger partial charge is 0.508 e. The molecule has 1 aliphatic rings. The minimum Gasteiger partial charge on any atom is -0.508 e. The number of benzene rings is 1. The maximum atomic E-state index is 9.69. The number of fused-ring (bicyclic) bond motifs is 3. The van der Waals surface area contributed by atoms with Crippen LogP contribution in [0.2, 0.25) is 0 Å². The van der Waals surface area contributed by atoms with Crippen LogP contribution in [0.4, 0.5) is 0 Å². The fraction of sp³-hybridized carbons (Fsp3) is 0.529. The lowest BCUT2D eigenvalue weighted by Crippen LogP contribution is -2.29. The van der Waals surface area contributed by atoms with Crippen molar-refractivity contribution in [2.45, 2.75) is 51.5 Å². The molecule has 1 aromatic heterocycles. The molecule has 21 heavy (non-hydrogen) atoms. The topological polar surface area (TPSA) is 48.0 Å². The molecule has 3 nitrogen and oxygen atoms in total. The van der Waals surface area contributed by atoms with Crippen molar-refractivity contribution in [3.8, 4) is 5.75 Å².